The third-order valence-corrected chi connectivity index (χ3v) is 9.69. The molecule has 0 aliphatic carbocycles. The van der Waals surface area contributed by atoms with Gasteiger partial charge in [0.05, 0.1) is 13.1 Å². The Morgan fingerprint density at radius 2 is 0.714 bits per heavy atom. The zero-order valence-corrected chi connectivity index (χ0v) is 29.6. The fourth-order valence-electron chi connectivity index (χ4n) is 6.76. The van der Waals surface area contributed by atoms with Gasteiger partial charge in [0.15, 0.2) is 0 Å². The van der Waals surface area contributed by atoms with Gasteiger partial charge in [0.25, 0.3) is 5.82 Å². The number of imidazole rings is 1. The SMILES string of the molecule is CCCCCCCCCCCCCCCCCCCc1n(CC)cc[n+]1CCCCCCCCCCCCCCCC. The number of nitrogens with zero attached hydrogens (tertiary/aromatic N) is 2. The van der Waals surface area contributed by atoms with Crippen molar-refractivity contribution in [2.75, 3.05) is 0 Å². The van der Waals surface area contributed by atoms with Gasteiger partial charge in [-0.15, -0.1) is 0 Å². The van der Waals surface area contributed by atoms with Crippen molar-refractivity contribution in [3.05, 3.63) is 18.2 Å². The van der Waals surface area contributed by atoms with E-state index >= 15 is 0 Å². The molecule has 0 atom stereocenters. The second kappa shape index (κ2) is 31.6. The molecule has 0 aliphatic heterocycles. The summed E-state index contributed by atoms with van der Waals surface area (Å²) >= 11 is 0. The number of aryl methyl sites for hydroxylation is 2. The molecule has 1 rings (SSSR count). The monoisotopic (exact) mass is 588 g/mol. The maximum absolute atomic E-state index is 2.58. The van der Waals surface area contributed by atoms with Crippen LogP contribution in [0.15, 0.2) is 12.4 Å². The fourth-order valence-corrected chi connectivity index (χ4v) is 6.76. The molecule has 1 aromatic rings. The summed E-state index contributed by atoms with van der Waals surface area (Å²) in [4.78, 5) is 0. The van der Waals surface area contributed by atoms with Crippen LogP contribution in [0.2, 0.25) is 0 Å². The van der Waals surface area contributed by atoms with E-state index < -0.39 is 0 Å². The average molecular weight is 588 g/mol. The maximum Gasteiger partial charge on any atom is 0.256 e. The molecule has 1 heterocycles. The Morgan fingerprint density at radius 1 is 0.405 bits per heavy atom. The van der Waals surface area contributed by atoms with Crippen LogP contribution in [-0.4, -0.2) is 4.57 Å². The Balaban J connectivity index is 1.95. The van der Waals surface area contributed by atoms with E-state index in [1.54, 1.807) is 5.82 Å². The molecule has 0 bridgehead atoms. The van der Waals surface area contributed by atoms with Gasteiger partial charge in [0.2, 0.25) is 0 Å². The van der Waals surface area contributed by atoms with Crippen LogP contribution in [0.4, 0.5) is 0 Å². The van der Waals surface area contributed by atoms with E-state index in [0.29, 0.717) is 0 Å². The highest BCUT2D eigenvalue weighted by Crippen LogP contribution is 2.16. The highest BCUT2D eigenvalue weighted by molar-refractivity contribution is 4.84. The molecule has 0 aromatic carbocycles. The Labute approximate surface area is 266 Å². The molecule has 0 radical (unpaired) electrons. The quantitative estimate of drug-likeness (QED) is 0.0560. The Morgan fingerprint density at radius 3 is 1.05 bits per heavy atom. The third-order valence-electron chi connectivity index (χ3n) is 9.69. The summed E-state index contributed by atoms with van der Waals surface area (Å²) in [5.74, 6) is 1.58. The van der Waals surface area contributed by atoms with Crippen LogP contribution >= 0.6 is 0 Å². The van der Waals surface area contributed by atoms with Gasteiger partial charge < -0.3 is 0 Å². The number of rotatable bonds is 34. The van der Waals surface area contributed by atoms with Crippen molar-refractivity contribution >= 4 is 0 Å². The van der Waals surface area contributed by atoms with E-state index in [-0.39, 0.29) is 0 Å². The summed E-state index contributed by atoms with van der Waals surface area (Å²) < 4.78 is 5.08. The van der Waals surface area contributed by atoms with Gasteiger partial charge in [-0.05, 0) is 26.2 Å². The van der Waals surface area contributed by atoms with E-state index in [1.807, 2.05) is 0 Å². The minimum absolute atomic E-state index is 1.11. The topological polar surface area (TPSA) is 8.81 Å². The molecule has 0 spiro atoms. The van der Waals surface area contributed by atoms with Crippen molar-refractivity contribution in [2.24, 2.45) is 0 Å². The highest BCUT2D eigenvalue weighted by Gasteiger charge is 2.15. The van der Waals surface area contributed by atoms with Crippen molar-refractivity contribution in [1.82, 2.24) is 4.57 Å². The van der Waals surface area contributed by atoms with Crippen molar-refractivity contribution in [2.45, 2.75) is 239 Å². The minimum Gasteiger partial charge on any atom is -0.235 e. The summed E-state index contributed by atoms with van der Waals surface area (Å²) in [7, 11) is 0. The smallest absolute Gasteiger partial charge is 0.235 e. The number of unbranched alkanes of at least 4 members (excludes halogenated alkanes) is 29. The summed E-state index contributed by atoms with van der Waals surface area (Å²) in [6.45, 7) is 9.25. The molecule has 0 saturated heterocycles. The Hall–Kier alpha value is -0.790. The maximum atomic E-state index is 2.58. The van der Waals surface area contributed by atoms with Crippen LogP contribution in [-0.2, 0) is 19.5 Å². The second-order valence-electron chi connectivity index (χ2n) is 13.7. The molecule has 2 heteroatoms. The van der Waals surface area contributed by atoms with E-state index in [1.165, 1.54) is 212 Å². The van der Waals surface area contributed by atoms with Crippen molar-refractivity contribution in [1.29, 1.82) is 0 Å². The number of hydrogen-bond acceptors (Lipinski definition) is 0. The first-order valence-corrected chi connectivity index (χ1v) is 19.9. The third kappa shape index (κ3) is 23.6. The van der Waals surface area contributed by atoms with Crippen LogP contribution in [0.25, 0.3) is 0 Å². The molecule has 0 amide bonds. The first-order chi connectivity index (χ1) is 20.8. The van der Waals surface area contributed by atoms with Crippen LogP contribution in [0.5, 0.6) is 0 Å². The molecule has 0 saturated carbocycles. The first kappa shape index (κ1) is 39.2. The lowest BCUT2D eigenvalue weighted by molar-refractivity contribution is -0.704. The van der Waals surface area contributed by atoms with Gasteiger partial charge in [-0.25, -0.2) is 9.13 Å². The Kier molecular flexibility index (Phi) is 29.5. The predicted molar refractivity (Wildman–Crippen MR) is 188 cm³/mol. The normalized spacial score (nSPS) is 11.6. The van der Waals surface area contributed by atoms with Gasteiger partial charge >= 0.3 is 0 Å². The number of hydrogen-bond donors (Lipinski definition) is 0. The molecule has 42 heavy (non-hydrogen) atoms. The summed E-state index contributed by atoms with van der Waals surface area (Å²) in [5, 5.41) is 0. The molecule has 248 valence electrons. The lowest BCUT2D eigenvalue weighted by atomic mass is 10.0. The van der Waals surface area contributed by atoms with Crippen LogP contribution in [0.3, 0.4) is 0 Å². The van der Waals surface area contributed by atoms with Gasteiger partial charge in [0.1, 0.15) is 12.4 Å². The van der Waals surface area contributed by atoms with Gasteiger partial charge in [0, 0.05) is 6.42 Å². The summed E-state index contributed by atoms with van der Waals surface area (Å²) in [5.41, 5.74) is 0. The van der Waals surface area contributed by atoms with Gasteiger partial charge in [-0.3, -0.25) is 0 Å². The fraction of sp³-hybridized carbons (Fsp3) is 0.925. The summed E-state index contributed by atoms with van der Waals surface area (Å²) in [6.07, 6.45) is 50.8. The number of aromatic nitrogens is 2. The minimum atomic E-state index is 1.11. The highest BCUT2D eigenvalue weighted by atomic mass is 15.1. The van der Waals surface area contributed by atoms with Crippen LogP contribution < -0.4 is 4.57 Å². The first-order valence-electron chi connectivity index (χ1n) is 19.9. The standard InChI is InChI=1S/C40H79N2/c1-4-7-9-11-13-15-17-19-21-22-23-24-26-28-30-32-34-36-40-41(6-3)38-39-42(40)37-35-33-31-29-27-25-20-18-16-14-12-10-8-5-2/h38-39H,4-37H2,1-3H3/q+1. The predicted octanol–water partition coefficient (Wildman–Crippen LogP) is 13.5. The largest absolute Gasteiger partial charge is 0.256 e. The lowest BCUT2D eigenvalue weighted by Gasteiger charge is -2.06. The van der Waals surface area contributed by atoms with Gasteiger partial charge in [-0.1, -0.05) is 194 Å². The van der Waals surface area contributed by atoms with Crippen LogP contribution in [0, 0.1) is 0 Å². The molecular weight excluding hydrogens is 508 g/mol. The van der Waals surface area contributed by atoms with Crippen LogP contribution in [0.1, 0.15) is 226 Å². The van der Waals surface area contributed by atoms with Crippen molar-refractivity contribution in [3.8, 4) is 0 Å². The van der Waals surface area contributed by atoms with E-state index in [0.717, 1.165) is 6.54 Å². The zero-order chi connectivity index (χ0) is 30.2. The van der Waals surface area contributed by atoms with Crippen molar-refractivity contribution < 1.29 is 4.57 Å². The summed E-state index contributed by atoms with van der Waals surface area (Å²) in [6, 6.07) is 0. The molecular formula is C40H79N2+. The average Bonchev–Trinajstić information content (AvgIpc) is 3.40. The Bertz CT molecular complexity index is 648. The molecule has 0 N–H and O–H groups in total. The molecule has 1 aromatic heterocycles. The van der Waals surface area contributed by atoms with E-state index in [9.17, 15) is 0 Å². The molecule has 2 nitrogen and oxygen atoms in total. The zero-order valence-electron chi connectivity index (χ0n) is 29.6. The molecule has 0 unspecified atom stereocenters. The van der Waals surface area contributed by atoms with E-state index in [2.05, 4.69) is 42.3 Å². The molecule has 0 fully saturated rings. The molecule has 0 aliphatic rings. The second-order valence-corrected chi connectivity index (χ2v) is 13.7. The van der Waals surface area contributed by atoms with E-state index in [4.69, 9.17) is 0 Å². The van der Waals surface area contributed by atoms with Gasteiger partial charge in [-0.2, -0.15) is 0 Å². The lowest BCUT2D eigenvalue weighted by Crippen LogP contribution is -2.37. The van der Waals surface area contributed by atoms with Crippen molar-refractivity contribution in [3.63, 3.8) is 0 Å².